The molecule has 0 rings (SSSR count). The summed E-state index contributed by atoms with van der Waals surface area (Å²) in [6, 6.07) is -1.14. The Kier molecular flexibility index (Phi) is 14.0. The van der Waals surface area contributed by atoms with E-state index in [4.69, 9.17) is 10.2 Å². The van der Waals surface area contributed by atoms with Gasteiger partial charge in [0.05, 0.1) is 5.76 Å². The summed E-state index contributed by atoms with van der Waals surface area (Å²) < 4.78 is 0. The molecule has 0 unspecified atom stereocenters. The Hall–Kier alpha value is -1.56. The molecule has 0 aromatic carbocycles. The number of rotatable bonds is 15. The minimum Gasteiger partial charge on any atom is -0.512 e. The quantitative estimate of drug-likeness (QED) is 0.207. The number of aliphatic hydroxyl groups excluding tert-OH is 2. The van der Waals surface area contributed by atoms with Gasteiger partial charge in [-0.05, 0) is 6.42 Å². The Morgan fingerprint density at radius 1 is 0.958 bits per heavy atom. The second-order valence-corrected chi connectivity index (χ2v) is 6.13. The van der Waals surface area contributed by atoms with Gasteiger partial charge in [-0.25, -0.2) is 4.79 Å². The highest BCUT2D eigenvalue weighted by Gasteiger charge is 2.18. The van der Waals surface area contributed by atoms with Crippen LogP contribution < -0.4 is 5.32 Å². The fourth-order valence-electron chi connectivity index (χ4n) is 2.44. The minimum absolute atomic E-state index is 0.0383. The molecule has 0 bridgehead atoms. The first-order valence-electron chi connectivity index (χ1n) is 9.05. The van der Waals surface area contributed by atoms with Crippen LogP contribution in [-0.4, -0.2) is 39.8 Å². The van der Waals surface area contributed by atoms with Gasteiger partial charge in [0.25, 0.3) is 0 Å². The van der Waals surface area contributed by atoms with Crippen molar-refractivity contribution in [2.24, 2.45) is 0 Å². The molecule has 4 N–H and O–H groups in total. The predicted molar refractivity (Wildman–Crippen MR) is 93.8 cm³/mol. The van der Waals surface area contributed by atoms with Gasteiger partial charge in [0.15, 0.2) is 0 Å². The van der Waals surface area contributed by atoms with E-state index in [1.165, 1.54) is 38.5 Å². The average Bonchev–Trinajstić information content (AvgIpc) is 2.52. The summed E-state index contributed by atoms with van der Waals surface area (Å²) >= 11 is 0. The van der Waals surface area contributed by atoms with Gasteiger partial charge in [0.1, 0.15) is 6.04 Å². The van der Waals surface area contributed by atoms with Crippen molar-refractivity contribution >= 4 is 11.9 Å². The van der Waals surface area contributed by atoms with Gasteiger partial charge in [0, 0.05) is 25.5 Å². The van der Waals surface area contributed by atoms with Crippen LogP contribution in [0.15, 0.2) is 11.8 Å². The zero-order valence-corrected chi connectivity index (χ0v) is 14.8. The number of aliphatic carboxylic acids is 1. The van der Waals surface area contributed by atoms with Crippen molar-refractivity contribution in [3.8, 4) is 0 Å². The third-order valence-electron chi connectivity index (χ3n) is 3.87. The number of carbonyl (C=O) groups is 2. The molecule has 0 spiro atoms. The van der Waals surface area contributed by atoms with Crippen LogP contribution in [0, 0.1) is 0 Å². The van der Waals surface area contributed by atoms with Crippen molar-refractivity contribution in [3.05, 3.63) is 11.8 Å². The molecule has 0 saturated carbocycles. The summed E-state index contributed by atoms with van der Waals surface area (Å²) in [5.74, 6) is -1.89. The molecule has 0 saturated heterocycles. The summed E-state index contributed by atoms with van der Waals surface area (Å²) in [4.78, 5) is 22.5. The summed E-state index contributed by atoms with van der Waals surface area (Å²) in [6.07, 6.45) is 12.0. The fraction of sp³-hybridized carbons (Fsp3) is 0.778. The number of amides is 1. The van der Waals surface area contributed by atoms with Crippen molar-refractivity contribution in [1.82, 2.24) is 5.32 Å². The van der Waals surface area contributed by atoms with E-state index in [0.717, 1.165) is 25.3 Å². The van der Waals surface area contributed by atoms with Crippen LogP contribution in [0.5, 0.6) is 0 Å². The van der Waals surface area contributed by atoms with Crippen molar-refractivity contribution in [3.63, 3.8) is 0 Å². The zero-order valence-electron chi connectivity index (χ0n) is 14.8. The first-order valence-corrected chi connectivity index (χ1v) is 9.05. The highest BCUT2D eigenvalue weighted by Crippen LogP contribution is 2.12. The molecule has 6 nitrogen and oxygen atoms in total. The standard InChI is InChI=1S/C18H33NO5/c1-2-3-4-5-6-7-8-9-10-11-15(21)14-17(22)19-16(12-13-20)18(23)24/h14,16,20-21H,2-13H2,1H3,(H,19,22)(H,23,24)/t16-/m0/s1. The molecule has 0 fully saturated rings. The molecule has 0 aromatic rings. The van der Waals surface area contributed by atoms with Crippen LogP contribution in [0.2, 0.25) is 0 Å². The Bertz CT molecular complexity index is 382. The predicted octanol–water partition coefficient (Wildman–Crippen LogP) is 3.30. The first kappa shape index (κ1) is 22.4. The third-order valence-corrected chi connectivity index (χ3v) is 3.87. The normalized spacial score (nSPS) is 12.8. The van der Waals surface area contributed by atoms with Crippen molar-refractivity contribution in [1.29, 1.82) is 0 Å². The smallest absolute Gasteiger partial charge is 0.326 e. The molecule has 0 aliphatic heterocycles. The van der Waals surface area contributed by atoms with Crippen LogP contribution in [0.1, 0.15) is 77.6 Å². The summed E-state index contributed by atoms with van der Waals surface area (Å²) in [7, 11) is 0. The van der Waals surface area contributed by atoms with E-state index in [2.05, 4.69) is 12.2 Å². The van der Waals surface area contributed by atoms with Gasteiger partial charge in [-0.3, -0.25) is 4.79 Å². The van der Waals surface area contributed by atoms with E-state index in [9.17, 15) is 14.7 Å². The molecule has 140 valence electrons. The highest BCUT2D eigenvalue weighted by atomic mass is 16.4. The molecule has 0 heterocycles. The number of carbonyl (C=O) groups excluding carboxylic acids is 1. The van der Waals surface area contributed by atoms with Crippen LogP contribution in [0.4, 0.5) is 0 Å². The summed E-state index contributed by atoms with van der Waals surface area (Å²) in [5, 5.41) is 29.6. The lowest BCUT2D eigenvalue weighted by Gasteiger charge is -2.11. The largest absolute Gasteiger partial charge is 0.512 e. The second kappa shape index (κ2) is 15.0. The minimum atomic E-state index is -1.20. The fourth-order valence-corrected chi connectivity index (χ4v) is 2.44. The van der Waals surface area contributed by atoms with E-state index in [1.807, 2.05) is 0 Å². The van der Waals surface area contributed by atoms with E-state index in [-0.39, 0.29) is 18.8 Å². The molecule has 0 aliphatic rings. The number of aliphatic hydroxyl groups is 2. The van der Waals surface area contributed by atoms with E-state index in [0.29, 0.717) is 6.42 Å². The summed E-state index contributed by atoms with van der Waals surface area (Å²) in [6.45, 7) is 1.88. The van der Waals surface area contributed by atoms with Gasteiger partial charge in [-0.1, -0.05) is 58.3 Å². The number of carboxylic acid groups (broad SMARTS) is 1. The van der Waals surface area contributed by atoms with Gasteiger partial charge in [-0.2, -0.15) is 0 Å². The molecular formula is C18H33NO5. The molecule has 1 amide bonds. The number of hydrogen-bond donors (Lipinski definition) is 4. The number of hydrogen-bond acceptors (Lipinski definition) is 4. The maximum absolute atomic E-state index is 11.6. The van der Waals surface area contributed by atoms with Crippen molar-refractivity contribution < 1.29 is 24.9 Å². The molecule has 0 radical (unpaired) electrons. The maximum Gasteiger partial charge on any atom is 0.326 e. The lowest BCUT2D eigenvalue weighted by Crippen LogP contribution is -2.40. The Balaban J connectivity index is 3.81. The Morgan fingerprint density at radius 3 is 2.00 bits per heavy atom. The summed E-state index contributed by atoms with van der Waals surface area (Å²) in [5.41, 5.74) is 0. The monoisotopic (exact) mass is 343 g/mol. The molecule has 24 heavy (non-hydrogen) atoms. The molecule has 0 aromatic heterocycles. The Morgan fingerprint density at radius 2 is 1.50 bits per heavy atom. The van der Waals surface area contributed by atoms with Gasteiger partial charge < -0.3 is 20.6 Å². The third kappa shape index (κ3) is 12.9. The van der Waals surface area contributed by atoms with Crippen LogP contribution >= 0.6 is 0 Å². The van der Waals surface area contributed by atoms with E-state index >= 15 is 0 Å². The number of carboxylic acids is 1. The number of allylic oxidation sites excluding steroid dienone is 1. The van der Waals surface area contributed by atoms with E-state index < -0.39 is 17.9 Å². The van der Waals surface area contributed by atoms with Crippen LogP contribution in [-0.2, 0) is 9.59 Å². The van der Waals surface area contributed by atoms with Crippen molar-refractivity contribution in [2.75, 3.05) is 6.61 Å². The lowest BCUT2D eigenvalue weighted by molar-refractivity contribution is -0.141. The maximum atomic E-state index is 11.6. The zero-order chi connectivity index (χ0) is 18.2. The van der Waals surface area contributed by atoms with Crippen LogP contribution in [0.3, 0.4) is 0 Å². The molecule has 1 atom stereocenters. The lowest BCUT2D eigenvalue weighted by atomic mass is 10.1. The SMILES string of the molecule is CCCCCCCCCCCC(O)=CC(=O)N[C@@H](CCO)C(=O)O. The van der Waals surface area contributed by atoms with Crippen molar-refractivity contribution in [2.45, 2.75) is 83.6 Å². The van der Waals surface area contributed by atoms with E-state index in [1.54, 1.807) is 0 Å². The van der Waals surface area contributed by atoms with Gasteiger partial charge in [0.2, 0.25) is 5.91 Å². The highest BCUT2D eigenvalue weighted by molar-refractivity contribution is 5.91. The number of nitrogens with one attached hydrogen (secondary N) is 1. The van der Waals surface area contributed by atoms with Crippen LogP contribution in [0.25, 0.3) is 0 Å². The molecular weight excluding hydrogens is 310 g/mol. The molecule has 0 aliphatic carbocycles. The van der Waals surface area contributed by atoms with Gasteiger partial charge in [-0.15, -0.1) is 0 Å². The topological polar surface area (TPSA) is 107 Å². The average molecular weight is 343 g/mol. The molecule has 6 heteroatoms. The second-order valence-electron chi connectivity index (χ2n) is 6.13. The first-order chi connectivity index (χ1) is 11.5. The Labute approximate surface area is 145 Å². The van der Waals surface area contributed by atoms with Gasteiger partial charge >= 0.3 is 5.97 Å². The number of unbranched alkanes of at least 4 members (excludes halogenated alkanes) is 8.